The molecule has 0 radical (unpaired) electrons. The first-order valence-electron chi connectivity index (χ1n) is 13.6. The maximum atomic E-state index is 9.81. The summed E-state index contributed by atoms with van der Waals surface area (Å²) in [5.74, 6) is 8.45. The summed E-state index contributed by atoms with van der Waals surface area (Å²) in [4.78, 5) is 36.9. The molecule has 0 spiro atoms. The van der Waals surface area contributed by atoms with E-state index in [4.69, 9.17) is 5.84 Å². The molecule has 268 valence electrons. The average molecular weight is 651 g/mol. The molecule has 0 fully saturated rings. The van der Waals surface area contributed by atoms with Crippen molar-refractivity contribution in [2.45, 2.75) is 90.5 Å². The lowest BCUT2D eigenvalue weighted by Gasteiger charge is -2.08. The maximum Gasteiger partial charge on any atom is 0.129 e. The second-order valence-electron chi connectivity index (χ2n) is 9.06. The zero-order chi connectivity index (χ0) is 35.4. The van der Waals surface area contributed by atoms with Crippen molar-refractivity contribution < 1.29 is 4.79 Å². The van der Waals surface area contributed by atoms with Gasteiger partial charge in [0.25, 0.3) is 0 Å². The first-order chi connectivity index (χ1) is 19.2. The highest BCUT2D eigenvalue weighted by Crippen LogP contribution is 1.93. The van der Waals surface area contributed by atoms with Crippen molar-refractivity contribution in [2.24, 2.45) is 35.8 Å². The largest absolute Gasteiger partial charge is 0.367 e. The van der Waals surface area contributed by atoms with Crippen LogP contribution in [0.4, 0.5) is 0 Å². The first-order valence-corrected chi connectivity index (χ1v) is 14.8. The second kappa shape index (κ2) is 50.0. The molecule has 0 aromatic carbocycles. The molecule has 0 amide bonds. The molecule has 0 unspecified atom stereocenters. The topological polar surface area (TPSA) is 127 Å². The molecule has 0 atom stereocenters. The number of nitrogens with two attached hydrogens (primary N) is 1. The van der Waals surface area contributed by atoms with Gasteiger partial charge in [-0.05, 0) is 68.6 Å². The summed E-state index contributed by atoms with van der Waals surface area (Å²) in [6, 6.07) is 0. The van der Waals surface area contributed by atoms with Crippen molar-refractivity contribution in [3.8, 4) is 0 Å². The Morgan fingerprint density at radius 2 is 0.795 bits per heavy atom. The fourth-order valence-electron chi connectivity index (χ4n) is 0.649. The van der Waals surface area contributed by atoms with E-state index in [1.807, 2.05) is 107 Å². The smallest absolute Gasteiger partial charge is 0.129 e. The summed E-state index contributed by atoms with van der Waals surface area (Å²) in [7, 11) is 20.3. The molecule has 0 aliphatic rings. The number of rotatable bonds is 1. The molecule has 0 aliphatic heterocycles. The lowest BCUT2D eigenvalue weighted by Crippen LogP contribution is -2.30. The standard InChI is InChI=1S/2C5H12N2.C4H11N3.C4H9NS.2C4H9N.C4H8O.2CH4/c2*1-5(6-2)7(3)4;1-4(6-2)7(3)5;1-4(5-2)6-3;2*1-4(2)5-3;1-3-4(2)5;;/h2*1-4H3;5H2,1-3H3;1-3H3;2*1-3H3;3H2,1-2H3;2*1H4. The quantitative estimate of drug-likeness (QED) is 0.143. The molecule has 0 saturated heterocycles. The lowest BCUT2D eigenvalue weighted by atomic mass is 10.4. The van der Waals surface area contributed by atoms with E-state index in [-0.39, 0.29) is 20.6 Å². The van der Waals surface area contributed by atoms with E-state index in [1.54, 1.807) is 68.0 Å². The van der Waals surface area contributed by atoms with Gasteiger partial charge in [0, 0.05) is 95.4 Å². The van der Waals surface area contributed by atoms with Gasteiger partial charge in [-0.1, -0.05) is 21.8 Å². The van der Waals surface area contributed by atoms with Gasteiger partial charge in [-0.3, -0.25) is 30.0 Å². The zero-order valence-corrected chi connectivity index (χ0v) is 32.4. The normalized spacial score (nSPS) is 9.70. The summed E-state index contributed by atoms with van der Waals surface area (Å²) in [6.07, 6.45) is 2.68. The molecule has 12 heteroatoms. The summed E-state index contributed by atoms with van der Waals surface area (Å²) >= 11 is 1.67. The first kappa shape index (κ1) is 64.4. The fourth-order valence-corrected chi connectivity index (χ4v) is 0.832. The molecule has 0 rings (SSSR count). The van der Waals surface area contributed by atoms with Crippen LogP contribution in [0.25, 0.3) is 0 Å². The number of nitrogens with zero attached hydrogens (tertiary/aromatic N) is 9. The van der Waals surface area contributed by atoms with Gasteiger partial charge in [0.15, 0.2) is 0 Å². The van der Waals surface area contributed by atoms with Gasteiger partial charge in [-0.25, -0.2) is 5.84 Å². The number of amidine groups is 3. The lowest BCUT2D eigenvalue weighted by molar-refractivity contribution is -0.116. The number of carbonyl (C=O) groups is 1. The minimum Gasteiger partial charge on any atom is -0.367 e. The van der Waals surface area contributed by atoms with E-state index < -0.39 is 0 Å². The SMILES string of the molecule is C.C.CCC(C)=O.CN=C(C)C.CN=C(C)C.CN=C(C)N(C)C.CN=C(C)N(C)C.CN=C(C)N(C)N.CN=C(C)SC. The molecular weight excluding hydrogens is 572 g/mol. The number of aliphatic imine (C=N–C) groups is 6. The summed E-state index contributed by atoms with van der Waals surface area (Å²) in [6.45, 7) is 19.1. The summed E-state index contributed by atoms with van der Waals surface area (Å²) in [5.41, 5.74) is 2.26. The molecule has 0 aromatic heterocycles. The van der Waals surface area contributed by atoms with E-state index in [0.29, 0.717) is 6.42 Å². The van der Waals surface area contributed by atoms with Gasteiger partial charge in [0.05, 0.1) is 16.7 Å². The molecule has 0 bridgehead atoms. The third kappa shape index (κ3) is 90.1. The molecular formula is C32H78N10OS. The van der Waals surface area contributed by atoms with Crippen molar-refractivity contribution in [1.82, 2.24) is 14.8 Å². The van der Waals surface area contributed by atoms with E-state index in [0.717, 1.165) is 34.0 Å². The molecule has 0 aliphatic carbocycles. The van der Waals surface area contributed by atoms with Crippen molar-refractivity contribution in [1.29, 1.82) is 0 Å². The van der Waals surface area contributed by atoms with Crippen LogP contribution in [0.15, 0.2) is 30.0 Å². The predicted octanol–water partition coefficient (Wildman–Crippen LogP) is 6.88. The molecule has 0 heterocycles. The number of Topliss-reactive ketones (excluding diaryl/α,β-unsaturated/α-hetero) is 1. The van der Waals surface area contributed by atoms with E-state index >= 15 is 0 Å². The number of thioether (sulfide) groups is 1. The summed E-state index contributed by atoms with van der Waals surface area (Å²) in [5, 5.41) is 2.61. The Bertz CT molecular complexity index is 708. The molecule has 0 saturated carbocycles. The molecule has 11 nitrogen and oxygen atoms in total. The van der Waals surface area contributed by atoms with Gasteiger partial charge in [-0.15, -0.1) is 11.8 Å². The van der Waals surface area contributed by atoms with Crippen molar-refractivity contribution >= 4 is 51.5 Å². The average Bonchev–Trinajstić information content (AvgIpc) is 2.96. The zero-order valence-electron chi connectivity index (χ0n) is 31.6. The Hall–Kier alpha value is -2.60. The minimum absolute atomic E-state index is 0. The highest BCUT2D eigenvalue weighted by Gasteiger charge is 1.86. The minimum atomic E-state index is 0. The molecule has 44 heavy (non-hydrogen) atoms. The Kier molecular flexibility index (Phi) is 73.2. The van der Waals surface area contributed by atoms with Crippen LogP contribution in [0.1, 0.15) is 90.5 Å². The van der Waals surface area contributed by atoms with Crippen LogP contribution in [0.3, 0.4) is 0 Å². The highest BCUT2D eigenvalue weighted by atomic mass is 32.2. The molecule has 0 aromatic rings. The van der Waals surface area contributed by atoms with Crippen LogP contribution in [-0.2, 0) is 4.79 Å². The Morgan fingerprint density at radius 1 is 0.568 bits per heavy atom. The van der Waals surface area contributed by atoms with Crippen LogP contribution >= 0.6 is 11.8 Å². The Labute approximate surface area is 280 Å². The van der Waals surface area contributed by atoms with Crippen LogP contribution in [0.5, 0.6) is 0 Å². The van der Waals surface area contributed by atoms with Crippen molar-refractivity contribution in [2.75, 3.05) is 83.8 Å². The number of hydrazine groups is 1. The van der Waals surface area contributed by atoms with Crippen LogP contribution in [-0.4, -0.2) is 138 Å². The third-order valence-corrected chi connectivity index (χ3v) is 5.55. The van der Waals surface area contributed by atoms with Crippen LogP contribution in [0.2, 0.25) is 0 Å². The maximum absolute atomic E-state index is 9.81. The van der Waals surface area contributed by atoms with Gasteiger partial charge in [0.1, 0.15) is 11.6 Å². The van der Waals surface area contributed by atoms with E-state index in [1.165, 1.54) is 5.01 Å². The van der Waals surface area contributed by atoms with E-state index in [9.17, 15) is 4.79 Å². The van der Waals surface area contributed by atoms with Gasteiger partial charge < -0.3 is 19.6 Å². The summed E-state index contributed by atoms with van der Waals surface area (Å²) < 4.78 is 0. The number of ketones is 1. The highest BCUT2D eigenvalue weighted by molar-refractivity contribution is 8.13. The monoisotopic (exact) mass is 651 g/mol. The Morgan fingerprint density at radius 3 is 0.795 bits per heavy atom. The number of carbonyl (C=O) groups excluding carboxylic acids is 1. The molecule has 2 N–H and O–H groups in total. The third-order valence-electron chi connectivity index (χ3n) is 4.78. The number of hydrogen-bond donors (Lipinski definition) is 1. The van der Waals surface area contributed by atoms with Crippen LogP contribution in [0, 0.1) is 0 Å². The van der Waals surface area contributed by atoms with Crippen molar-refractivity contribution in [3.05, 3.63) is 0 Å². The van der Waals surface area contributed by atoms with Gasteiger partial charge in [-0.2, -0.15) is 0 Å². The van der Waals surface area contributed by atoms with Gasteiger partial charge in [0.2, 0.25) is 0 Å². The second-order valence-corrected chi connectivity index (χ2v) is 10.1. The van der Waals surface area contributed by atoms with Crippen LogP contribution < -0.4 is 5.84 Å². The van der Waals surface area contributed by atoms with E-state index in [2.05, 4.69) is 30.0 Å². The van der Waals surface area contributed by atoms with Gasteiger partial charge >= 0.3 is 0 Å². The predicted molar refractivity (Wildman–Crippen MR) is 213 cm³/mol. The Balaban J connectivity index is -0.0000000463. The van der Waals surface area contributed by atoms with Crippen molar-refractivity contribution in [3.63, 3.8) is 0 Å². The number of hydrogen-bond acceptors (Lipinski definition) is 9. The fraction of sp³-hybridized carbons (Fsp3) is 0.781.